The fraction of sp³-hybridized carbons (Fsp3) is 0.231. The second-order valence-electron chi connectivity index (χ2n) is 3.88. The standard InChI is InChI=1S/C13H14N4O/c1-17-9-15-7-11(17)8-16-12-4-3-10(6-14)5-13(12)18-2/h3-5,7,9,16H,8H2,1-2H3. The number of nitrogens with zero attached hydrogens (tertiary/aromatic N) is 3. The first-order valence-electron chi connectivity index (χ1n) is 5.52. The number of hydrogen-bond donors (Lipinski definition) is 1. The molecular weight excluding hydrogens is 228 g/mol. The minimum Gasteiger partial charge on any atom is -0.495 e. The maximum Gasteiger partial charge on any atom is 0.143 e. The Kier molecular flexibility index (Phi) is 3.49. The summed E-state index contributed by atoms with van der Waals surface area (Å²) in [5.74, 6) is 0.663. The molecule has 0 atom stereocenters. The van der Waals surface area contributed by atoms with Crippen LogP contribution in [0.25, 0.3) is 0 Å². The SMILES string of the molecule is COc1cc(C#N)ccc1NCc1cncn1C. The number of benzene rings is 1. The fourth-order valence-corrected chi connectivity index (χ4v) is 1.65. The van der Waals surface area contributed by atoms with Gasteiger partial charge in [-0.2, -0.15) is 5.26 Å². The van der Waals surface area contributed by atoms with Crippen LogP contribution in [0.3, 0.4) is 0 Å². The van der Waals surface area contributed by atoms with Crippen molar-refractivity contribution in [2.45, 2.75) is 6.54 Å². The largest absolute Gasteiger partial charge is 0.495 e. The predicted molar refractivity (Wildman–Crippen MR) is 68.2 cm³/mol. The first kappa shape index (κ1) is 12.0. The van der Waals surface area contributed by atoms with Gasteiger partial charge in [0.1, 0.15) is 5.75 Å². The van der Waals surface area contributed by atoms with Crippen LogP contribution < -0.4 is 10.1 Å². The highest BCUT2D eigenvalue weighted by atomic mass is 16.5. The van der Waals surface area contributed by atoms with E-state index in [4.69, 9.17) is 10.00 Å². The van der Waals surface area contributed by atoms with E-state index in [0.29, 0.717) is 17.9 Å². The molecule has 1 aromatic carbocycles. The van der Waals surface area contributed by atoms with Crippen LogP contribution in [0.1, 0.15) is 11.3 Å². The number of ether oxygens (including phenoxy) is 1. The number of nitrogens with one attached hydrogen (secondary N) is 1. The van der Waals surface area contributed by atoms with Gasteiger partial charge in [0.2, 0.25) is 0 Å². The van der Waals surface area contributed by atoms with Gasteiger partial charge in [0.05, 0.1) is 43.0 Å². The topological polar surface area (TPSA) is 62.9 Å². The summed E-state index contributed by atoms with van der Waals surface area (Å²) >= 11 is 0. The second-order valence-corrected chi connectivity index (χ2v) is 3.88. The summed E-state index contributed by atoms with van der Waals surface area (Å²) in [5.41, 5.74) is 2.51. The third-order valence-corrected chi connectivity index (χ3v) is 2.71. The molecule has 5 heteroatoms. The van der Waals surface area contributed by atoms with Crippen molar-refractivity contribution in [1.29, 1.82) is 5.26 Å². The zero-order valence-electron chi connectivity index (χ0n) is 10.3. The number of rotatable bonds is 4. The molecule has 5 nitrogen and oxygen atoms in total. The van der Waals surface area contributed by atoms with Crippen LogP contribution in [0, 0.1) is 11.3 Å². The third-order valence-electron chi connectivity index (χ3n) is 2.71. The summed E-state index contributed by atoms with van der Waals surface area (Å²) < 4.78 is 7.20. The van der Waals surface area contributed by atoms with Gasteiger partial charge in [-0.15, -0.1) is 0 Å². The van der Waals surface area contributed by atoms with Crippen LogP contribution >= 0.6 is 0 Å². The van der Waals surface area contributed by atoms with E-state index in [1.165, 1.54) is 0 Å². The monoisotopic (exact) mass is 242 g/mol. The molecule has 2 rings (SSSR count). The zero-order valence-corrected chi connectivity index (χ0v) is 10.3. The number of nitriles is 1. The van der Waals surface area contributed by atoms with Crippen molar-refractivity contribution in [3.05, 3.63) is 42.0 Å². The summed E-state index contributed by atoms with van der Waals surface area (Å²) in [6.07, 6.45) is 3.57. The average molecular weight is 242 g/mol. The van der Waals surface area contributed by atoms with Crippen molar-refractivity contribution in [3.8, 4) is 11.8 Å². The van der Waals surface area contributed by atoms with Crippen molar-refractivity contribution >= 4 is 5.69 Å². The molecule has 1 N–H and O–H groups in total. The Morgan fingerprint density at radius 1 is 1.50 bits per heavy atom. The number of aryl methyl sites for hydroxylation is 1. The molecule has 1 heterocycles. The van der Waals surface area contributed by atoms with Crippen LogP contribution in [0.4, 0.5) is 5.69 Å². The molecule has 0 aliphatic heterocycles. The Morgan fingerprint density at radius 3 is 2.94 bits per heavy atom. The van der Waals surface area contributed by atoms with Gasteiger partial charge in [0.15, 0.2) is 0 Å². The highest BCUT2D eigenvalue weighted by Gasteiger charge is 2.05. The second kappa shape index (κ2) is 5.23. The summed E-state index contributed by atoms with van der Waals surface area (Å²) in [6, 6.07) is 7.40. The quantitative estimate of drug-likeness (QED) is 0.889. The molecule has 0 aliphatic carbocycles. The van der Waals surface area contributed by atoms with Crippen molar-refractivity contribution in [3.63, 3.8) is 0 Å². The first-order valence-corrected chi connectivity index (χ1v) is 5.52. The van der Waals surface area contributed by atoms with Crippen molar-refractivity contribution in [2.75, 3.05) is 12.4 Å². The summed E-state index contributed by atoms with van der Waals surface area (Å²) in [4.78, 5) is 4.05. The van der Waals surface area contributed by atoms with Crippen LogP contribution in [0.2, 0.25) is 0 Å². The Balaban J connectivity index is 2.15. The molecule has 0 saturated heterocycles. The predicted octanol–water partition coefficient (Wildman–Crippen LogP) is 1.91. The minimum atomic E-state index is 0.581. The van der Waals surface area contributed by atoms with E-state index in [0.717, 1.165) is 11.4 Å². The van der Waals surface area contributed by atoms with Gasteiger partial charge in [-0.05, 0) is 12.1 Å². The molecule has 0 fully saturated rings. The van der Waals surface area contributed by atoms with Crippen LogP contribution in [0.15, 0.2) is 30.7 Å². The van der Waals surface area contributed by atoms with E-state index in [-0.39, 0.29) is 0 Å². The highest BCUT2D eigenvalue weighted by Crippen LogP contribution is 2.25. The normalized spacial score (nSPS) is 9.83. The van der Waals surface area contributed by atoms with E-state index < -0.39 is 0 Å². The van der Waals surface area contributed by atoms with Gasteiger partial charge < -0.3 is 14.6 Å². The third kappa shape index (κ3) is 2.43. The maximum absolute atomic E-state index is 8.83. The lowest BCUT2D eigenvalue weighted by Gasteiger charge is -2.11. The number of aromatic nitrogens is 2. The molecule has 2 aromatic rings. The van der Waals surface area contributed by atoms with Crippen LogP contribution in [-0.2, 0) is 13.6 Å². The minimum absolute atomic E-state index is 0.581. The Hall–Kier alpha value is -2.48. The molecule has 0 bridgehead atoms. The van der Waals surface area contributed by atoms with Crippen molar-refractivity contribution in [2.24, 2.45) is 7.05 Å². The molecular formula is C13H14N4O. The number of hydrogen-bond acceptors (Lipinski definition) is 4. The van der Waals surface area contributed by atoms with E-state index in [2.05, 4.69) is 16.4 Å². The molecule has 0 spiro atoms. The molecule has 0 saturated carbocycles. The molecule has 0 amide bonds. The Labute approximate surface area is 106 Å². The van der Waals surface area contributed by atoms with Crippen LogP contribution in [0.5, 0.6) is 5.75 Å². The molecule has 18 heavy (non-hydrogen) atoms. The molecule has 0 unspecified atom stereocenters. The number of methoxy groups -OCH3 is 1. The van der Waals surface area contributed by atoms with Gasteiger partial charge >= 0.3 is 0 Å². The first-order chi connectivity index (χ1) is 8.74. The lowest BCUT2D eigenvalue weighted by molar-refractivity contribution is 0.416. The summed E-state index contributed by atoms with van der Waals surface area (Å²) in [7, 11) is 3.53. The zero-order chi connectivity index (χ0) is 13.0. The molecule has 1 aromatic heterocycles. The van der Waals surface area contributed by atoms with Gasteiger partial charge in [0, 0.05) is 19.3 Å². The smallest absolute Gasteiger partial charge is 0.143 e. The number of anilines is 1. The van der Waals surface area contributed by atoms with Gasteiger partial charge in [-0.25, -0.2) is 4.98 Å². The van der Waals surface area contributed by atoms with Crippen LogP contribution in [-0.4, -0.2) is 16.7 Å². The van der Waals surface area contributed by atoms with Crippen molar-refractivity contribution in [1.82, 2.24) is 9.55 Å². The summed E-state index contributed by atoms with van der Waals surface area (Å²) in [6.45, 7) is 0.652. The summed E-state index contributed by atoms with van der Waals surface area (Å²) in [5, 5.41) is 12.1. The van der Waals surface area contributed by atoms with Gasteiger partial charge in [0.25, 0.3) is 0 Å². The van der Waals surface area contributed by atoms with E-state index in [9.17, 15) is 0 Å². The lowest BCUT2D eigenvalue weighted by atomic mass is 10.2. The van der Waals surface area contributed by atoms with E-state index in [1.54, 1.807) is 25.6 Å². The lowest BCUT2D eigenvalue weighted by Crippen LogP contribution is -2.05. The molecule has 0 radical (unpaired) electrons. The van der Waals surface area contributed by atoms with E-state index >= 15 is 0 Å². The van der Waals surface area contributed by atoms with Gasteiger partial charge in [-0.3, -0.25) is 0 Å². The number of imidazole rings is 1. The fourth-order valence-electron chi connectivity index (χ4n) is 1.65. The average Bonchev–Trinajstić information content (AvgIpc) is 2.81. The highest BCUT2D eigenvalue weighted by molar-refractivity contribution is 5.59. The Bertz CT molecular complexity index is 583. The van der Waals surface area contributed by atoms with Crippen molar-refractivity contribution < 1.29 is 4.74 Å². The molecule has 92 valence electrons. The maximum atomic E-state index is 8.83. The van der Waals surface area contributed by atoms with E-state index in [1.807, 2.05) is 23.9 Å². The Morgan fingerprint density at radius 2 is 2.33 bits per heavy atom. The van der Waals surface area contributed by atoms with Gasteiger partial charge in [-0.1, -0.05) is 0 Å². The molecule has 0 aliphatic rings.